The summed E-state index contributed by atoms with van der Waals surface area (Å²) in [5, 5.41) is 20.1. The Hall–Kier alpha value is -2.64. The summed E-state index contributed by atoms with van der Waals surface area (Å²) in [4.78, 5) is 36.1. The third-order valence-electron chi connectivity index (χ3n) is 3.08. The van der Waals surface area contributed by atoms with E-state index in [0.717, 1.165) is 6.07 Å². The van der Waals surface area contributed by atoms with Crippen molar-refractivity contribution in [2.75, 3.05) is 32.6 Å². The summed E-state index contributed by atoms with van der Waals surface area (Å²) >= 11 is 0. The minimum atomic E-state index is -1.26. The zero-order valence-electron chi connectivity index (χ0n) is 12.3. The van der Waals surface area contributed by atoms with Crippen molar-refractivity contribution in [3.63, 3.8) is 0 Å². The molecule has 0 saturated heterocycles. The zero-order valence-corrected chi connectivity index (χ0v) is 12.3. The highest BCUT2D eigenvalue weighted by atomic mass is 16.6. The lowest BCUT2D eigenvalue weighted by Crippen LogP contribution is -2.34. The molecule has 1 aromatic rings. The van der Waals surface area contributed by atoms with Gasteiger partial charge in [-0.25, -0.2) is 4.79 Å². The second-order valence-corrected chi connectivity index (χ2v) is 4.85. The minimum Gasteiger partial charge on any atom is -0.478 e. The molecule has 0 heterocycles. The van der Waals surface area contributed by atoms with Crippen molar-refractivity contribution in [2.24, 2.45) is 0 Å². The number of amides is 1. The number of anilines is 1. The van der Waals surface area contributed by atoms with E-state index in [2.05, 4.69) is 0 Å². The van der Waals surface area contributed by atoms with Gasteiger partial charge in [-0.2, -0.15) is 0 Å². The monoisotopic (exact) mass is 295 g/mol. The van der Waals surface area contributed by atoms with Gasteiger partial charge < -0.3 is 14.9 Å². The molecule has 1 N–H and O–H groups in total. The molecule has 0 atom stereocenters. The lowest BCUT2D eigenvalue weighted by molar-refractivity contribution is -0.385. The molecule has 0 aliphatic heterocycles. The molecule has 114 valence electrons. The largest absolute Gasteiger partial charge is 0.478 e. The molecular weight excluding hydrogens is 278 g/mol. The molecule has 1 aromatic carbocycles. The number of nitrogens with zero attached hydrogens (tertiary/aromatic N) is 3. The fraction of sp³-hybridized carbons (Fsp3) is 0.385. The number of carbonyl (C=O) groups is 2. The maximum Gasteiger partial charge on any atom is 0.336 e. The van der Waals surface area contributed by atoms with Crippen LogP contribution in [0, 0.1) is 17.0 Å². The van der Waals surface area contributed by atoms with E-state index in [4.69, 9.17) is 5.11 Å². The Kier molecular flexibility index (Phi) is 4.85. The highest BCUT2D eigenvalue weighted by Gasteiger charge is 2.22. The number of hydrogen-bond donors (Lipinski definition) is 1. The summed E-state index contributed by atoms with van der Waals surface area (Å²) < 4.78 is 0. The van der Waals surface area contributed by atoms with Crippen molar-refractivity contribution in [3.05, 3.63) is 33.4 Å². The van der Waals surface area contributed by atoms with Gasteiger partial charge in [0, 0.05) is 32.9 Å². The van der Waals surface area contributed by atoms with Crippen LogP contribution in [0.15, 0.2) is 12.1 Å². The minimum absolute atomic E-state index is 0.00589. The van der Waals surface area contributed by atoms with Crippen molar-refractivity contribution in [2.45, 2.75) is 6.92 Å². The molecule has 0 aliphatic rings. The third kappa shape index (κ3) is 3.68. The number of likely N-dealkylation sites (N-methyl/N-ethyl adjacent to an activating group) is 2. The quantitative estimate of drug-likeness (QED) is 0.645. The van der Waals surface area contributed by atoms with Gasteiger partial charge in [0.05, 0.1) is 22.6 Å². The average molecular weight is 295 g/mol. The van der Waals surface area contributed by atoms with Crippen LogP contribution in [-0.2, 0) is 4.79 Å². The molecule has 0 aliphatic carbocycles. The first-order valence-corrected chi connectivity index (χ1v) is 6.08. The Morgan fingerprint density at radius 2 is 1.86 bits per heavy atom. The highest BCUT2D eigenvalue weighted by Crippen LogP contribution is 2.30. The summed E-state index contributed by atoms with van der Waals surface area (Å²) in [7, 11) is 4.78. The molecule has 8 heteroatoms. The Balaban J connectivity index is 3.30. The molecule has 8 nitrogen and oxygen atoms in total. The van der Waals surface area contributed by atoms with Gasteiger partial charge in [-0.05, 0) is 13.0 Å². The van der Waals surface area contributed by atoms with Crippen molar-refractivity contribution >= 4 is 23.3 Å². The number of carboxylic acids is 1. The Labute approximate surface area is 121 Å². The second-order valence-electron chi connectivity index (χ2n) is 4.85. The molecule has 0 saturated carbocycles. The molecule has 0 aromatic heterocycles. The average Bonchev–Trinajstić information content (AvgIpc) is 2.37. The normalized spacial score (nSPS) is 10.1. The fourth-order valence-corrected chi connectivity index (χ4v) is 1.82. The number of benzene rings is 1. The van der Waals surface area contributed by atoms with E-state index in [9.17, 15) is 19.7 Å². The topological polar surface area (TPSA) is 104 Å². The summed E-state index contributed by atoms with van der Waals surface area (Å²) in [5.41, 5.74) is 0.191. The summed E-state index contributed by atoms with van der Waals surface area (Å²) in [6.45, 7) is 1.52. The van der Waals surface area contributed by atoms with Gasteiger partial charge in [-0.15, -0.1) is 0 Å². The summed E-state index contributed by atoms with van der Waals surface area (Å²) in [6, 6.07) is 2.34. The number of nitro benzene ring substituents is 1. The van der Waals surface area contributed by atoms with E-state index in [1.807, 2.05) is 0 Å². The molecule has 0 radical (unpaired) electrons. The van der Waals surface area contributed by atoms with Crippen LogP contribution in [0.25, 0.3) is 0 Å². The number of nitro groups is 1. The van der Waals surface area contributed by atoms with Gasteiger partial charge in [0.2, 0.25) is 5.91 Å². The van der Waals surface area contributed by atoms with Gasteiger partial charge in [-0.3, -0.25) is 14.9 Å². The van der Waals surface area contributed by atoms with Gasteiger partial charge in [0.1, 0.15) is 0 Å². The van der Waals surface area contributed by atoms with E-state index in [0.29, 0.717) is 11.3 Å². The van der Waals surface area contributed by atoms with Crippen LogP contribution in [0.5, 0.6) is 0 Å². The molecule has 0 unspecified atom stereocenters. The van der Waals surface area contributed by atoms with Crippen molar-refractivity contribution < 1.29 is 19.6 Å². The Morgan fingerprint density at radius 1 is 1.29 bits per heavy atom. The van der Waals surface area contributed by atoms with E-state index in [1.165, 1.54) is 22.8 Å². The van der Waals surface area contributed by atoms with Gasteiger partial charge in [0.25, 0.3) is 5.69 Å². The maximum atomic E-state index is 11.7. The number of carboxylic acid groups (broad SMARTS) is 1. The summed E-state index contributed by atoms with van der Waals surface area (Å²) in [6.07, 6.45) is 0. The van der Waals surface area contributed by atoms with Gasteiger partial charge in [0.15, 0.2) is 0 Å². The molecule has 0 spiro atoms. The van der Waals surface area contributed by atoms with Crippen LogP contribution in [0.4, 0.5) is 11.4 Å². The molecule has 1 rings (SSSR count). The van der Waals surface area contributed by atoms with Gasteiger partial charge in [-0.1, -0.05) is 0 Å². The van der Waals surface area contributed by atoms with Crippen LogP contribution >= 0.6 is 0 Å². The SMILES string of the molecule is Cc1c(N(C)CC(=O)N(C)C)cc(C(=O)O)cc1[N+](=O)[O-]. The zero-order chi connectivity index (χ0) is 16.3. The fourth-order valence-electron chi connectivity index (χ4n) is 1.82. The Bertz CT molecular complexity index is 598. The number of aromatic carboxylic acids is 1. The van der Waals surface area contributed by atoms with E-state index in [1.54, 1.807) is 21.1 Å². The molecule has 1 amide bonds. The van der Waals surface area contributed by atoms with Crippen LogP contribution in [0.3, 0.4) is 0 Å². The number of carbonyl (C=O) groups excluding carboxylic acids is 1. The van der Waals surface area contributed by atoms with E-state index >= 15 is 0 Å². The summed E-state index contributed by atoms with van der Waals surface area (Å²) in [5.74, 6) is -1.45. The van der Waals surface area contributed by atoms with Crippen molar-refractivity contribution in [3.8, 4) is 0 Å². The van der Waals surface area contributed by atoms with Crippen LogP contribution < -0.4 is 4.90 Å². The lowest BCUT2D eigenvalue weighted by atomic mass is 10.1. The van der Waals surface area contributed by atoms with Crippen molar-refractivity contribution in [1.29, 1.82) is 0 Å². The predicted octanol–water partition coefficient (Wildman–Crippen LogP) is 1.13. The first kappa shape index (κ1) is 16.4. The standard InChI is InChI=1S/C13H17N3O5/c1-8-10(15(4)7-12(17)14(2)3)5-9(13(18)19)6-11(8)16(20)21/h5-6H,7H2,1-4H3,(H,18,19). The molecule has 21 heavy (non-hydrogen) atoms. The molecule has 0 bridgehead atoms. The second kappa shape index (κ2) is 6.21. The Morgan fingerprint density at radius 3 is 2.29 bits per heavy atom. The molecule has 0 fully saturated rings. The first-order valence-electron chi connectivity index (χ1n) is 6.08. The number of hydrogen-bond acceptors (Lipinski definition) is 5. The molecular formula is C13H17N3O5. The predicted molar refractivity (Wildman–Crippen MR) is 76.8 cm³/mol. The highest BCUT2D eigenvalue weighted by molar-refractivity contribution is 5.91. The van der Waals surface area contributed by atoms with Crippen molar-refractivity contribution in [1.82, 2.24) is 4.90 Å². The van der Waals surface area contributed by atoms with E-state index in [-0.39, 0.29) is 23.7 Å². The van der Waals surface area contributed by atoms with Gasteiger partial charge >= 0.3 is 5.97 Å². The first-order chi connectivity index (χ1) is 9.65. The lowest BCUT2D eigenvalue weighted by Gasteiger charge is -2.23. The number of rotatable bonds is 5. The van der Waals surface area contributed by atoms with E-state index < -0.39 is 10.9 Å². The van der Waals surface area contributed by atoms with Crippen LogP contribution in [-0.4, -0.2) is 54.5 Å². The van der Waals surface area contributed by atoms with Crippen LogP contribution in [0.1, 0.15) is 15.9 Å². The smallest absolute Gasteiger partial charge is 0.336 e. The third-order valence-corrected chi connectivity index (χ3v) is 3.08. The van der Waals surface area contributed by atoms with Crippen LogP contribution in [0.2, 0.25) is 0 Å². The maximum absolute atomic E-state index is 11.7.